The number of rotatable bonds is 5. The Morgan fingerprint density at radius 1 is 1.47 bits per heavy atom. The Kier molecular flexibility index (Phi) is 4.00. The van der Waals surface area contributed by atoms with E-state index >= 15 is 0 Å². The third-order valence-electron chi connectivity index (χ3n) is 3.48. The van der Waals surface area contributed by atoms with Crippen LogP contribution in [0.1, 0.15) is 25.3 Å². The smallest absolute Gasteiger partial charge is 0.125 e. The third kappa shape index (κ3) is 2.60. The number of fused-ring (bicyclic) bond motifs is 1. The highest BCUT2D eigenvalue weighted by molar-refractivity contribution is 5.59. The van der Waals surface area contributed by atoms with Crippen LogP contribution in [0.5, 0.6) is 0 Å². The topological polar surface area (TPSA) is 15.3 Å². The quantitative estimate of drug-likeness (QED) is 0.845. The summed E-state index contributed by atoms with van der Waals surface area (Å²) >= 11 is 0. The molecule has 2 nitrogen and oxygen atoms in total. The van der Waals surface area contributed by atoms with Crippen molar-refractivity contribution >= 4 is 5.69 Å². The summed E-state index contributed by atoms with van der Waals surface area (Å²) in [6, 6.07) is 5.65. The molecule has 94 valence electrons. The van der Waals surface area contributed by atoms with Gasteiger partial charge in [0, 0.05) is 24.8 Å². The molecule has 2 rings (SSSR count). The Morgan fingerprint density at radius 2 is 2.29 bits per heavy atom. The molecule has 0 aliphatic carbocycles. The summed E-state index contributed by atoms with van der Waals surface area (Å²) in [6.45, 7) is 4.18. The first-order valence-electron chi connectivity index (χ1n) is 6.46. The lowest BCUT2D eigenvalue weighted by Crippen LogP contribution is -2.40. The van der Waals surface area contributed by atoms with Crippen molar-refractivity contribution < 1.29 is 4.39 Å². The summed E-state index contributed by atoms with van der Waals surface area (Å²) in [5, 5.41) is 3.24. The molecule has 1 aliphatic heterocycles. The van der Waals surface area contributed by atoms with Crippen molar-refractivity contribution in [3.05, 3.63) is 29.6 Å². The van der Waals surface area contributed by atoms with Crippen LogP contribution in [0.25, 0.3) is 0 Å². The van der Waals surface area contributed by atoms with Crippen molar-refractivity contribution in [2.75, 3.05) is 25.0 Å². The van der Waals surface area contributed by atoms with Gasteiger partial charge in [-0.2, -0.15) is 0 Å². The van der Waals surface area contributed by atoms with Gasteiger partial charge in [-0.3, -0.25) is 0 Å². The van der Waals surface area contributed by atoms with E-state index in [2.05, 4.69) is 17.1 Å². The second-order valence-corrected chi connectivity index (χ2v) is 4.72. The van der Waals surface area contributed by atoms with Gasteiger partial charge in [0.05, 0.1) is 0 Å². The van der Waals surface area contributed by atoms with Gasteiger partial charge in [-0.15, -0.1) is 0 Å². The van der Waals surface area contributed by atoms with Gasteiger partial charge in [-0.05, 0) is 37.6 Å². The van der Waals surface area contributed by atoms with E-state index in [4.69, 9.17) is 0 Å². The van der Waals surface area contributed by atoms with E-state index in [1.807, 2.05) is 13.1 Å². The van der Waals surface area contributed by atoms with Crippen LogP contribution in [0.2, 0.25) is 0 Å². The maximum atomic E-state index is 13.3. The van der Waals surface area contributed by atoms with Gasteiger partial charge in [0.2, 0.25) is 0 Å². The molecule has 1 N–H and O–H groups in total. The number of hydrogen-bond donors (Lipinski definition) is 1. The Labute approximate surface area is 103 Å². The second kappa shape index (κ2) is 5.50. The van der Waals surface area contributed by atoms with E-state index in [1.165, 1.54) is 5.56 Å². The highest BCUT2D eigenvalue weighted by Crippen LogP contribution is 2.31. The molecule has 0 saturated carbocycles. The first-order valence-corrected chi connectivity index (χ1v) is 6.46. The van der Waals surface area contributed by atoms with Crippen molar-refractivity contribution in [1.82, 2.24) is 5.32 Å². The van der Waals surface area contributed by atoms with E-state index in [1.54, 1.807) is 12.1 Å². The SMILES string of the molecule is CCCC(CNC)N1CCc2ccc(F)cc21. The van der Waals surface area contributed by atoms with Gasteiger partial charge < -0.3 is 10.2 Å². The number of nitrogens with zero attached hydrogens (tertiary/aromatic N) is 1. The molecule has 1 unspecified atom stereocenters. The van der Waals surface area contributed by atoms with Crippen LogP contribution < -0.4 is 10.2 Å². The summed E-state index contributed by atoms with van der Waals surface area (Å²) in [5.74, 6) is -0.129. The van der Waals surface area contributed by atoms with Crippen LogP contribution >= 0.6 is 0 Å². The highest BCUT2D eigenvalue weighted by Gasteiger charge is 2.25. The fraction of sp³-hybridized carbons (Fsp3) is 0.571. The van der Waals surface area contributed by atoms with Crippen LogP contribution in [0.15, 0.2) is 18.2 Å². The average molecular weight is 236 g/mol. The average Bonchev–Trinajstić information content (AvgIpc) is 2.71. The normalized spacial score (nSPS) is 16.1. The van der Waals surface area contributed by atoms with Crippen LogP contribution in [-0.4, -0.2) is 26.2 Å². The van der Waals surface area contributed by atoms with E-state index in [9.17, 15) is 4.39 Å². The summed E-state index contributed by atoms with van der Waals surface area (Å²) in [4.78, 5) is 2.36. The maximum Gasteiger partial charge on any atom is 0.125 e. The molecule has 17 heavy (non-hydrogen) atoms. The lowest BCUT2D eigenvalue weighted by atomic mass is 10.1. The predicted octanol–water partition coefficient (Wildman–Crippen LogP) is 2.58. The molecule has 0 bridgehead atoms. The van der Waals surface area contributed by atoms with Crippen LogP contribution in [0.3, 0.4) is 0 Å². The van der Waals surface area contributed by atoms with Crippen molar-refractivity contribution in [2.24, 2.45) is 0 Å². The fourth-order valence-electron chi connectivity index (χ4n) is 2.69. The molecular weight excluding hydrogens is 215 g/mol. The van der Waals surface area contributed by atoms with E-state index in [0.29, 0.717) is 6.04 Å². The Balaban J connectivity index is 2.21. The van der Waals surface area contributed by atoms with E-state index in [0.717, 1.165) is 38.0 Å². The zero-order valence-electron chi connectivity index (χ0n) is 10.7. The molecule has 0 aromatic heterocycles. The van der Waals surface area contributed by atoms with Gasteiger partial charge in [0.1, 0.15) is 5.82 Å². The van der Waals surface area contributed by atoms with Crippen LogP contribution in [0, 0.1) is 5.82 Å². The molecule has 1 aromatic carbocycles. The van der Waals surface area contributed by atoms with Crippen molar-refractivity contribution in [2.45, 2.75) is 32.2 Å². The van der Waals surface area contributed by atoms with Crippen LogP contribution in [0.4, 0.5) is 10.1 Å². The number of halogens is 1. The minimum atomic E-state index is -0.129. The zero-order valence-corrected chi connectivity index (χ0v) is 10.7. The maximum absolute atomic E-state index is 13.3. The first kappa shape index (κ1) is 12.4. The Morgan fingerprint density at radius 3 is 3.00 bits per heavy atom. The number of nitrogens with one attached hydrogen (secondary N) is 1. The van der Waals surface area contributed by atoms with Gasteiger partial charge in [-0.25, -0.2) is 4.39 Å². The molecular formula is C14H21FN2. The second-order valence-electron chi connectivity index (χ2n) is 4.72. The number of likely N-dealkylation sites (N-methyl/N-ethyl adjacent to an activating group) is 1. The van der Waals surface area contributed by atoms with Crippen LogP contribution in [-0.2, 0) is 6.42 Å². The summed E-state index contributed by atoms with van der Waals surface area (Å²) in [7, 11) is 1.98. The largest absolute Gasteiger partial charge is 0.367 e. The predicted molar refractivity (Wildman–Crippen MR) is 70.1 cm³/mol. The molecule has 0 fully saturated rings. The number of anilines is 1. The molecule has 0 saturated heterocycles. The van der Waals surface area contributed by atoms with Gasteiger partial charge in [-0.1, -0.05) is 19.4 Å². The standard InChI is InChI=1S/C14H21FN2/c1-3-4-13(10-16-2)17-8-7-11-5-6-12(15)9-14(11)17/h5-6,9,13,16H,3-4,7-8,10H2,1-2H3. The monoisotopic (exact) mass is 236 g/mol. The lowest BCUT2D eigenvalue weighted by Gasteiger charge is -2.30. The zero-order chi connectivity index (χ0) is 12.3. The first-order chi connectivity index (χ1) is 8.26. The van der Waals surface area contributed by atoms with Crippen molar-refractivity contribution in [3.8, 4) is 0 Å². The molecule has 0 radical (unpaired) electrons. The minimum Gasteiger partial charge on any atom is -0.367 e. The molecule has 3 heteroatoms. The summed E-state index contributed by atoms with van der Waals surface area (Å²) < 4.78 is 13.3. The highest BCUT2D eigenvalue weighted by atomic mass is 19.1. The fourth-order valence-corrected chi connectivity index (χ4v) is 2.69. The third-order valence-corrected chi connectivity index (χ3v) is 3.48. The Bertz CT molecular complexity index is 372. The molecule has 1 atom stereocenters. The molecule has 1 heterocycles. The van der Waals surface area contributed by atoms with Gasteiger partial charge in [0.15, 0.2) is 0 Å². The van der Waals surface area contributed by atoms with E-state index in [-0.39, 0.29) is 5.82 Å². The van der Waals surface area contributed by atoms with Gasteiger partial charge in [0.25, 0.3) is 0 Å². The number of hydrogen-bond acceptors (Lipinski definition) is 2. The molecule has 1 aromatic rings. The lowest BCUT2D eigenvalue weighted by molar-refractivity contribution is 0.527. The summed E-state index contributed by atoms with van der Waals surface area (Å²) in [6.07, 6.45) is 3.35. The number of benzene rings is 1. The van der Waals surface area contributed by atoms with Crippen molar-refractivity contribution in [3.63, 3.8) is 0 Å². The molecule has 0 amide bonds. The minimum absolute atomic E-state index is 0.129. The molecule has 1 aliphatic rings. The Hall–Kier alpha value is -1.09. The molecule has 0 spiro atoms. The van der Waals surface area contributed by atoms with Gasteiger partial charge >= 0.3 is 0 Å². The van der Waals surface area contributed by atoms with E-state index < -0.39 is 0 Å². The van der Waals surface area contributed by atoms with Crippen molar-refractivity contribution in [1.29, 1.82) is 0 Å². The summed E-state index contributed by atoms with van der Waals surface area (Å²) in [5.41, 5.74) is 2.38.